The van der Waals surface area contributed by atoms with Gasteiger partial charge in [0, 0.05) is 48.9 Å². The number of carbonyl (C=O) groups excluding carboxylic acids is 1. The molecule has 0 saturated carbocycles. The van der Waals surface area contributed by atoms with Crippen molar-refractivity contribution in [1.29, 1.82) is 0 Å². The SMILES string of the molecule is Cc1cccc(C(=O)N2C3CCC2C(Cc2ncc(Br)cn2)C3)c1-c1ncccn1. The Balaban J connectivity index is 1.44. The summed E-state index contributed by atoms with van der Waals surface area (Å²) < 4.78 is 0.881. The van der Waals surface area contributed by atoms with Crippen LogP contribution in [0.25, 0.3) is 11.4 Å². The fourth-order valence-electron chi connectivity index (χ4n) is 5.04. The second kappa shape index (κ2) is 7.87. The number of amides is 1. The van der Waals surface area contributed by atoms with Gasteiger partial charge < -0.3 is 4.90 Å². The quantitative estimate of drug-likeness (QED) is 0.578. The smallest absolute Gasteiger partial charge is 0.255 e. The van der Waals surface area contributed by atoms with Crippen molar-refractivity contribution >= 4 is 21.8 Å². The molecule has 3 aromatic rings. The molecule has 5 rings (SSSR count). The summed E-state index contributed by atoms with van der Waals surface area (Å²) in [6.45, 7) is 2.01. The molecule has 1 amide bonds. The first kappa shape index (κ1) is 19.3. The van der Waals surface area contributed by atoms with Gasteiger partial charge >= 0.3 is 0 Å². The molecule has 2 aliphatic heterocycles. The summed E-state index contributed by atoms with van der Waals surface area (Å²) in [5.41, 5.74) is 2.54. The number of aromatic nitrogens is 4. The zero-order valence-corrected chi connectivity index (χ0v) is 18.3. The molecule has 2 bridgehead atoms. The zero-order chi connectivity index (χ0) is 20.7. The lowest BCUT2D eigenvalue weighted by molar-refractivity contribution is 0.0719. The van der Waals surface area contributed by atoms with Crippen molar-refractivity contribution in [3.05, 3.63) is 70.5 Å². The van der Waals surface area contributed by atoms with Gasteiger partial charge in [0.05, 0.1) is 10.0 Å². The van der Waals surface area contributed by atoms with Crippen molar-refractivity contribution < 1.29 is 4.79 Å². The Morgan fingerprint density at radius 3 is 2.63 bits per heavy atom. The Morgan fingerprint density at radius 2 is 1.87 bits per heavy atom. The highest BCUT2D eigenvalue weighted by atomic mass is 79.9. The van der Waals surface area contributed by atoms with Gasteiger partial charge in [0.25, 0.3) is 5.91 Å². The van der Waals surface area contributed by atoms with Gasteiger partial charge in [-0.1, -0.05) is 12.1 Å². The molecule has 6 nitrogen and oxygen atoms in total. The van der Waals surface area contributed by atoms with Crippen molar-refractivity contribution in [1.82, 2.24) is 24.8 Å². The number of hydrogen-bond acceptors (Lipinski definition) is 5. The number of aryl methyl sites for hydroxylation is 1. The van der Waals surface area contributed by atoms with E-state index in [2.05, 4.69) is 40.8 Å². The van der Waals surface area contributed by atoms with Crippen molar-refractivity contribution in [2.75, 3.05) is 0 Å². The van der Waals surface area contributed by atoms with Gasteiger partial charge in [0.1, 0.15) is 5.82 Å². The van der Waals surface area contributed by atoms with Gasteiger partial charge in [-0.2, -0.15) is 0 Å². The molecule has 0 N–H and O–H groups in total. The molecule has 3 atom stereocenters. The highest BCUT2D eigenvalue weighted by molar-refractivity contribution is 9.10. The third-order valence-corrected chi connectivity index (χ3v) is 6.72. The fraction of sp³-hybridized carbons (Fsp3) is 0.348. The van der Waals surface area contributed by atoms with E-state index in [0.717, 1.165) is 47.1 Å². The highest BCUT2D eigenvalue weighted by Gasteiger charge is 2.49. The average molecular weight is 464 g/mol. The number of nitrogens with zero attached hydrogens (tertiary/aromatic N) is 5. The average Bonchev–Trinajstić information content (AvgIpc) is 3.33. The largest absolute Gasteiger partial charge is 0.332 e. The van der Waals surface area contributed by atoms with E-state index in [1.807, 2.05) is 25.1 Å². The number of rotatable bonds is 4. The van der Waals surface area contributed by atoms with E-state index >= 15 is 0 Å². The molecule has 7 heteroatoms. The van der Waals surface area contributed by atoms with E-state index in [-0.39, 0.29) is 18.0 Å². The van der Waals surface area contributed by atoms with E-state index < -0.39 is 0 Å². The predicted molar refractivity (Wildman–Crippen MR) is 117 cm³/mol. The molecule has 2 saturated heterocycles. The third-order valence-electron chi connectivity index (χ3n) is 6.31. The maximum Gasteiger partial charge on any atom is 0.255 e. The van der Waals surface area contributed by atoms with E-state index in [4.69, 9.17) is 0 Å². The van der Waals surface area contributed by atoms with E-state index in [1.54, 1.807) is 30.9 Å². The molecule has 2 fully saturated rings. The monoisotopic (exact) mass is 463 g/mol. The number of fused-ring (bicyclic) bond motifs is 2. The van der Waals surface area contributed by atoms with Crippen LogP contribution in [0.2, 0.25) is 0 Å². The van der Waals surface area contributed by atoms with E-state index in [9.17, 15) is 4.79 Å². The number of hydrogen-bond donors (Lipinski definition) is 0. The molecule has 2 aromatic heterocycles. The molecular weight excluding hydrogens is 442 g/mol. The van der Waals surface area contributed by atoms with Gasteiger partial charge in [-0.25, -0.2) is 19.9 Å². The summed E-state index contributed by atoms with van der Waals surface area (Å²) >= 11 is 3.39. The summed E-state index contributed by atoms with van der Waals surface area (Å²) in [6.07, 6.45) is 10.9. The van der Waals surface area contributed by atoms with Gasteiger partial charge in [-0.15, -0.1) is 0 Å². The molecule has 3 unspecified atom stereocenters. The minimum Gasteiger partial charge on any atom is -0.332 e. The lowest BCUT2D eigenvalue weighted by Crippen LogP contribution is -2.37. The van der Waals surface area contributed by atoms with Crippen LogP contribution in [-0.2, 0) is 6.42 Å². The first-order chi connectivity index (χ1) is 14.6. The molecule has 4 heterocycles. The molecule has 0 aliphatic carbocycles. The van der Waals surface area contributed by atoms with Crippen molar-refractivity contribution in [3.8, 4) is 11.4 Å². The van der Waals surface area contributed by atoms with Gasteiger partial charge in [-0.3, -0.25) is 4.79 Å². The van der Waals surface area contributed by atoms with E-state index in [0.29, 0.717) is 17.3 Å². The fourth-order valence-corrected chi connectivity index (χ4v) is 5.24. The van der Waals surface area contributed by atoms with Crippen LogP contribution in [-0.4, -0.2) is 42.8 Å². The number of carbonyl (C=O) groups is 1. The minimum absolute atomic E-state index is 0.0906. The van der Waals surface area contributed by atoms with Crippen molar-refractivity contribution in [3.63, 3.8) is 0 Å². The zero-order valence-electron chi connectivity index (χ0n) is 16.7. The second-order valence-electron chi connectivity index (χ2n) is 8.10. The normalized spacial score (nSPS) is 22.5. The minimum atomic E-state index is 0.0906. The Bertz CT molecular complexity index is 1070. The topological polar surface area (TPSA) is 71.9 Å². The summed E-state index contributed by atoms with van der Waals surface area (Å²) in [4.78, 5) is 33.5. The lowest BCUT2D eigenvalue weighted by Gasteiger charge is -2.25. The van der Waals surface area contributed by atoms with Crippen LogP contribution in [0.5, 0.6) is 0 Å². The van der Waals surface area contributed by atoms with Crippen LogP contribution >= 0.6 is 15.9 Å². The maximum absolute atomic E-state index is 13.7. The van der Waals surface area contributed by atoms with Gasteiger partial charge in [0.15, 0.2) is 5.82 Å². The predicted octanol–water partition coefficient (Wildman–Crippen LogP) is 4.24. The Labute approximate surface area is 183 Å². The second-order valence-corrected chi connectivity index (χ2v) is 9.01. The molecule has 30 heavy (non-hydrogen) atoms. The molecule has 2 aliphatic rings. The Morgan fingerprint density at radius 1 is 1.10 bits per heavy atom. The first-order valence-corrected chi connectivity index (χ1v) is 11.1. The molecule has 1 aromatic carbocycles. The van der Waals surface area contributed by atoms with E-state index in [1.165, 1.54) is 0 Å². The van der Waals surface area contributed by atoms with Crippen LogP contribution in [0.15, 0.2) is 53.5 Å². The van der Waals surface area contributed by atoms with Gasteiger partial charge in [-0.05, 0) is 65.7 Å². The summed E-state index contributed by atoms with van der Waals surface area (Å²) in [7, 11) is 0. The maximum atomic E-state index is 13.7. The highest BCUT2D eigenvalue weighted by Crippen LogP contribution is 2.44. The lowest BCUT2D eigenvalue weighted by atomic mass is 9.86. The van der Waals surface area contributed by atoms with Crippen LogP contribution in [0.1, 0.15) is 41.0 Å². The molecule has 152 valence electrons. The summed E-state index contributed by atoms with van der Waals surface area (Å²) in [6, 6.07) is 8.17. The standard InChI is InChI=1S/C23H22BrN5O/c1-14-4-2-5-18(21(14)22-25-8-3-9-26-22)23(30)29-17-6-7-19(29)15(10-17)11-20-27-12-16(24)13-28-20/h2-5,8-9,12-13,15,17,19H,6-7,10-11H2,1H3. The van der Waals surface area contributed by atoms with Gasteiger partial charge in [0.2, 0.25) is 0 Å². The third kappa shape index (κ3) is 3.41. The van der Waals surface area contributed by atoms with Crippen LogP contribution in [0.3, 0.4) is 0 Å². The van der Waals surface area contributed by atoms with Crippen LogP contribution in [0.4, 0.5) is 0 Å². The number of benzene rings is 1. The molecule has 0 radical (unpaired) electrons. The first-order valence-electron chi connectivity index (χ1n) is 10.3. The summed E-state index contributed by atoms with van der Waals surface area (Å²) in [5, 5.41) is 0. The van der Waals surface area contributed by atoms with Crippen LogP contribution in [0, 0.1) is 12.8 Å². The Kier molecular flexibility index (Phi) is 5.06. The van der Waals surface area contributed by atoms with Crippen molar-refractivity contribution in [2.24, 2.45) is 5.92 Å². The Hall–Kier alpha value is -2.67. The summed E-state index contributed by atoms with van der Waals surface area (Å²) in [5.74, 6) is 1.94. The van der Waals surface area contributed by atoms with Crippen molar-refractivity contribution in [2.45, 2.75) is 44.7 Å². The van der Waals surface area contributed by atoms with Crippen LogP contribution < -0.4 is 0 Å². The molecule has 0 spiro atoms. The molecular formula is C23H22BrN5O. The number of halogens is 1.